The molecule has 1 atom stereocenters. The molecular weight excluding hydrogens is 295 g/mol. The van der Waals surface area contributed by atoms with Crippen LogP contribution in [0.2, 0.25) is 0 Å². The molecule has 4 heteroatoms. The fraction of sp³-hybridized carbons (Fsp3) is 0.368. The molecule has 2 aromatic rings. The molecule has 0 fully saturated rings. The lowest BCUT2D eigenvalue weighted by Gasteiger charge is -2.23. The molecule has 3 rings (SSSR count). The van der Waals surface area contributed by atoms with E-state index in [0.717, 1.165) is 42.6 Å². The van der Waals surface area contributed by atoms with E-state index >= 15 is 0 Å². The van der Waals surface area contributed by atoms with Gasteiger partial charge >= 0.3 is 0 Å². The van der Waals surface area contributed by atoms with E-state index in [1.165, 1.54) is 12.1 Å². The van der Waals surface area contributed by atoms with Crippen LogP contribution in [0.1, 0.15) is 36.5 Å². The van der Waals surface area contributed by atoms with Crippen molar-refractivity contribution in [3.8, 4) is 11.5 Å². The standard InChI is InChI=1S/C19H21FO3/c20-14-8-10-15(11-9-14)22-12-3-13-23-19-7-2-4-16-17(19)5-1-6-18(16)21/h2,4,7-11,18,21H,1,3,5-6,12-13H2. The number of hydrogen-bond acceptors (Lipinski definition) is 3. The van der Waals surface area contributed by atoms with E-state index in [9.17, 15) is 9.50 Å². The van der Waals surface area contributed by atoms with Crippen molar-refractivity contribution in [3.63, 3.8) is 0 Å². The summed E-state index contributed by atoms with van der Waals surface area (Å²) in [7, 11) is 0. The van der Waals surface area contributed by atoms with Crippen molar-refractivity contribution in [2.24, 2.45) is 0 Å². The molecule has 0 aromatic heterocycles. The Kier molecular flexibility index (Phi) is 5.13. The first-order chi connectivity index (χ1) is 11.2. The number of rotatable bonds is 6. The lowest BCUT2D eigenvalue weighted by Crippen LogP contribution is -2.12. The monoisotopic (exact) mass is 316 g/mol. The molecule has 0 amide bonds. The minimum Gasteiger partial charge on any atom is -0.493 e. The largest absolute Gasteiger partial charge is 0.493 e. The molecule has 1 aliphatic carbocycles. The van der Waals surface area contributed by atoms with Gasteiger partial charge < -0.3 is 14.6 Å². The van der Waals surface area contributed by atoms with Crippen LogP contribution < -0.4 is 9.47 Å². The summed E-state index contributed by atoms with van der Waals surface area (Å²) < 4.78 is 24.2. The van der Waals surface area contributed by atoms with Gasteiger partial charge in [-0.25, -0.2) is 4.39 Å². The topological polar surface area (TPSA) is 38.7 Å². The fourth-order valence-corrected chi connectivity index (χ4v) is 2.89. The van der Waals surface area contributed by atoms with Crippen molar-refractivity contribution in [2.75, 3.05) is 13.2 Å². The van der Waals surface area contributed by atoms with E-state index in [-0.39, 0.29) is 11.9 Å². The Hall–Kier alpha value is -2.07. The maximum absolute atomic E-state index is 12.8. The quantitative estimate of drug-likeness (QED) is 0.817. The summed E-state index contributed by atoms with van der Waals surface area (Å²) in [5.74, 6) is 1.26. The zero-order valence-electron chi connectivity index (χ0n) is 13.0. The molecule has 2 aromatic carbocycles. The van der Waals surface area contributed by atoms with Crippen LogP contribution in [0.15, 0.2) is 42.5 Å². The van der Waals surface area contributed by atoms with Crippen LogP contribution in [-0.2, 0) is 6.42 Å². The molecule has 1 aliphatic rings. The summed E-state index contributed by atoms with van der Waals surface area (Å²) in [6, 6.07) is 11.9. The van der Waals surface area contributed by atoms with Crippen molar-refractivity contribution in [1.82, 2.24) is 0 Å². The SMILES string of the molecule is OC1CCCc2c(OCCCOc3ccc(F)cc3)cccc21. The molecule has 0 radical (unpaired) electrons. The first kappa shape index (κ1) is 15.8. The Bertz CT molecular complexity index is 640. The third-order valence-electron chi connectivity index (χ3n) is 4.06. The van der Waals surface area contributed by atoms with Crippen LogP contribution in [0, 0.1) is 5.82 Å². The molecule has 0 saturated heterocycles. The van der Waals surface area contributed by atoms with Gasteiger partial charge in [0.05, 0.1) is 19.3 Å². The first-order valence-electron chi connectivity index (χ1n) is 8.05. The molecule has 0 heterocycles. The van der Waals surface area contributed by atoms with Crippen LogP contribution in [0.3, 0.4) is 0 Å². The average Bonchev–Trinajstić information content (AvgIpc) is 2.57. The minimum atomic E-state index is -0.371. The summed E-state index contributed by atoms with van der Waals surface area (Å²) in [5.41, 5.74) is 2.13. The van der Waals surface area contributed by atoms with Crippen molar-refractivity contribution < 1.29 is 19.0 Å². The number of benzene rings is 2. The molecular formula is C19H21FO3. The van der Waals surface area contributed by atoms with Gasteiger partial charge in [-0.1, -0.05) is 12.1 Å². The van der Waals surface area contributed by atoms with Gasteiger partial charge in [-0.15, -0.1) is 0 Å². The van der Waals surface area contributed by atoms with Crippen LogP contribution in [0.25, 0.3) is 0 Å². The molecule has 1 unspecified atom stereocenters. The van der Waals surface area contributed by atoms with Gasteiger partial charge in [0, 0.05) is 6.42 Å². The van der Waals surface area contributed by atoms with E-state index < -0.39 is 0 Å². The Labute approximate surface area is 135 Å². The second kappa shape index (κ2) is 7.47. The highest BCUT2D eigenvalue weighted by atomic mass is 19.1. The Balaban J connectivity index is 1.48. The van der Waals surface area contributed by atoms with Crippen molar-refractivity contribution in [2.45, 2.75) is 31.8 Å². The van der Waals surface area contributed by atoms with Crippen LogP contribution in [0.4, 0.5) is 4.39 Å². The summed E-state index contributed by atoms with van der Waals surface area (Å²) >= 11 is 0. The Morgan fingerprint density at radius 1 is 1.04 bits per heavy atom. The predicted octanol–water partition coefficient (Wildman–Crippen LogP) is 4.04. The molecule has 0 saturated carbocycles. The van der Waals surface area contributed by atoms with Crippen molar-refractivity contribution >= 4 is 0 Å². The molecule has 1 N–H and O–H groups in total. The lowest BCUT2D eigenvalue weighted by molar-refractivity contribution is 0.155. The Morgan fingerprint density at radius 2 is 1.83 bits per heavy atom. The highest BCUT2D eigenvalue weighted by Crippen LogP contribution is 2.35. The van der Waals surface area contributed by atoms with E-state index in [1.54, 1.807) is 12.1 Å². The highest BCUT2D eigenvalue weighted by molar-refractivity contribution is 5.42. The summed E-state index contributed by atoms with van der Waals surface area (Å²) in [6.45, 7) is 1.07. The van der Waals surface area contributed by atoms with Gasteiger partial charge in [0.15, 0.2) is 0 Å². The fourth-order valence-electron chi connectivity index (χ4n) is 2.89. The van der Waals surface area contributed by atoms with Crippen LogP contribution in [-0.4, -0.2) is 18.3 Å². The van der Waals surface area contributed by atoms with Gasteiger partial charge in [0.1, 0.15) is 17.3 Å². The average molecular weight is 316 g/mol. The van der Waals surface area contributed by atoms with E-state index in [4.69, 9.17) is 9.47 Å². The molecule has 23 heavy (non-hydrogen) atoms. The number of aliphatic hydroxyl groups is 1. The van der Waals surface area contributed by atoms with Crippen molar-refractivity contribution in [1.29, 1.82) is 0 Å². The van der Waals surface area contributed by atoms with Crippen LogP contribution in [0.5, 0.6) is 11.5 Å². The third kappa shape index (κ3) is 4.02. The van der Waals surface area contributed by atoms with E-state index in [0.29, 0.717) is 19.0 Å². The van der Waals surface area contributed by atoms with Gasteiger partial charge in [-0.3, -0.25) is 0 Å². The van der Waals surface area contributed by atoms with E-state index in [2.05, 4.69) is 0 Å². The Morgan fingerprint density at radius 3 is 2.65 bits per heavy atom. The summed E-state index contributed by atoms with van der Waals surface area (Å²) in [6.07, 6.45) is 3.13. The number of ether oxygens (including phenoxy) is 2. The zero-order valence-corrected chi connectivity index (χ0v) is 13.0. The molecule has 0 spiro atoms. The lowest BCUT2D eigenvalue weighted by atomic mass is 9.89. The maximum atomic E-state index is 12.8. The van der Waals surface area contributed by atoms with Gasteiger partial charge in [0.2, 0.25) is 0 Å². The minimum absolute atomic E-state index is 0.267. The predicted molar refractivity (Wildman–Crippen MR) is 86.3 cm³/mol. The normalized spacial score (nSPS) is 16.7. The molecule has 122 valence electrons. The molecule has 3 nitrogen and oxygen atoms in total. The number of halogens is 1. The van der Waals surface area contributed by atoms with Gasteiger partial charge in [-0.2, -0.15) is 0 Å². The molecule has 0 bridgehead atoms. The first-order valence-corrected chi connectivity index (χ1v) is 8.05. The number of aliphatic hydroxyl groups excluding tert-OH is 1. The zero-order chi connectivity index (χ0) is 16.1. The third-order valence-corrected chi connectivity index (χ3v) is 4.06. The summed E-state index contributed by atoms with van der Waals surface area (Å²) in [5, 5.41) is 10.0. The second-order valence-corrected chi connectivity index (χ2v) is 5.74. The second-order valence-electron chi connectivity index (χ2n) is 5.74. The van der Waals surface area contributed by atoms with Crippen molar-refractivity contribution in [3.05, 3.63) is 59.4 Å². The highest BCUT2D eigenvalue weighted by Gasteiger charge is 2.20. The van der Waals surface area contributed by atoms with Gasteiger partial charge in [0.25, 0.3) is 0 Å². The molecule has 0 aliphatic heterocycles. The number of hydrogen-bond donors (Lipinski definition) is 1. The van der Waals surface area contributed by atoms with E-state index in [1.807, 2.05) is 18.2 Å². The maximum Gasteiger partial charge on any atom is 0.123 e. The van der Waals surface area contributed by atoms with Gasteiger partial charge in [-0.05, 0) is 60.7 Å². The number of fused-ring (bicyclic) bond motifs is 1. The smallest absolute Gasteiger partial charge is 0.123 e. The summed E-state index contributed by atoms with van der Waals surface area (Å²) in [4.78, 5) is 0. The van der Waals surface area contributed by atoms with Crippen LogP contribution >= 0.6 is 0 Å².